The molecule has 0 spiro atoms. The predicted octanol–water partition coefficient (Wildman–Crippen LogP) is 1.13. The number of rotatable bonds is 3. The van der Waals surface area contributed by atoms with Gasteiger partial charge in [0.1, 0.15) is 5.69 Å². The van der Waals surface area contributed by atoms with Gasteiger partial charge in [0.15, 0.2) is 5.13 Å². The normalized spacial score (nSPS) is 22.8. The topological polar surface area (TPSA) is 91.3 Å². The summed E-state index contributed by atoms with van der Waals surface area (Å²) in [5, 5.41) is 17.1. The zero-order chi connectivity index (χ0) is 13.8. The molecule has 0 bridgehead atoms. The molecule has 1 aliphatic rings. The fraction of sp³-hybridized carbons (Fsp3) is 0.583. The molecule has 2 atom stereocenters. The van der Waals surface area contributed by atoms with Gasteiger partial charge in [0.25, 0.3) is 5.91 Å². The summed E-state index contributed by atoms with van der Waals surface area (Å²) in [6.45, 7) is 1.39. The van der Waals surface area contributed by atoms with Crippen molar-refractivity contribution in [2.45, 2.75) is 44.8 Å². The van der Waals surface area contributed by atoms with Gasteiger partial charge in [-0.15, -0.1) is 11.3 Å². The summed E-state index contributed by atoms with van der Waals surface area (Å²) in [6.07, 6.45) is 3.04. The quantitative estimate of drug-likeness (QED) is 0.775. The van der Waals surface area contributed by atoms with Crippen LogP contribution in [0, 0.1) is 0 Å². The maximum absolute atomic E-state index is 12.0. The molecule has 0 radical (unpaired) electrons. The fourth-order valence-corrected chi connectivity index (χ4v) is 2.84. The number of nitrogens with zero attached hydrogens (tertiary/aromatic N) is 1. The highest BCUT2D eigenvalue weighted by molar-refractivity contribution is 7.14. The molecule has 104 valence electrons. The summed E-state index contributed by atoms with van der Waals surface area (Å²) in [7, 11) is 0. The van der Waals surface area contributed by atoms with E-state index in [2.05, 4.69) is 15.6 Å². The maximum Gasteiger partial charge on any atom is 0.271 e. The number of thiazole rings is 1. The van der Waals surface area contributed by atoms with Crippen molar-refractivity contribution in [1.29, 1.82) is 0 Å². The number of anilines is 1. The lowest BCUT2D eigenvalue weighted by Gasteiger charge is -2.27. The lowest BCUT2D eigenvalue weighted by Crippen LogP contribution is -2.45. The first-order valence-electron chi connectivity index (χ1n) is 6.28. The second kappa shape index (κ2) is 6.12. The molecule has 2 rings (SSSR count). The summed E-state index contributed by atoms with van der Waals surface area (Å²) in [6, 6.07) is -0.202. The smallest absolute Gasteiger partial charge is 0.271 e. The van der Waals surface area contributed by atoms with Gasteiger partial charge in [-0.3, -0.25) is 9.59 Å². The van der Waals surface area contributed by atoms with Crippen molar-refractivity contribution >= 4 is 28.3 Å². The van der Waals surface area contributed by atoms with E-state index in [1.807, 2.05) is 0 Å². The lowest BCUT2D eigenvalue weighted by atomic mass is 9.92. The Hall–Kier alpha value is -1.47. The number of aliphatic hydroxyl groups excluding tert-OH is 1. The maximum atomic E-state index is 12.0. The van der Waals surface area contributed by atoms with Crippen LogP contribution in [0.15, 0.2) is 5.38 Å². The summed E-state index contributed by atoms with van der Waals surface area (Å²) in [5.41, 5.74) is 0.270. The van der Waals surface area contributed by atoms with Crippen LogP contribution in [0.1, 0.15) is 43.1 Å². The summed E-state index contributed by atoms with van der Waals surface area (Å²) in [4.78, 5) is 26.9. The van der Waals surface area contributed by atoms with Crippen LogP contribution in [0.25, 0.3) is 0 Å². The van der Waals surface area contributed by atoms with E-state index in [1.165, 1.54) is 18.3 Å². The third-order valence-electron chi connectivity index (χ3n) is 3.07. The predicted molar refractivity (Wildman–Crippen MR) is 72.1 cm³/mol. The van der Waals surface area contributed by atoms with Crippen LogP contribution < -0.4 is 10.6 Å². The standard InChI is InChI=1S/C12H17N3O3S/c1-7(16)13-12-15-9(6-19-12)11(18)14-8-4-2-3-5-10(8)17/h6,8,10,17H,2-5H2,1H3,(H,14,18)(H,13,15,16). The monoisotopic (exact) mass is 283 g/mol. The lowest BCUT2D eigenvalue weighted by molar-refractivity contribution is -0.114. The van der Waals surface area contributed by atoms with Crippen LogP contribution in [0.4, 0.5) is 5.13 Å². The zero-order valence-corrected chi connectivity index (χ0v) is 11.5. The Kier molecular flexibility index (Phi) is 4.49. The van der Waals surface area contributed by atoms with Crippen LogP contribution in [0.2, 0.25) is 0 Å². The first kappa shape index (κ1) is 14.0. The minimum Gasteiger partial charge on any atom is -0.391 e. The van der Waals surface area contributed by atoms with Crippen LogP contribution in [-0.2, 0) is 4.79 Å². The molecule has 2 unspecified atom stereocenters. The molecule has 19 heavy (non-hydrogen) atoms. The molecular formula is C12H17N3O3S. The number of carbonyl (C=O) groups excluding carboxylic acids is 2. The molecule has 3 N–H and O–H groups in total. The molecule has 0 aromatic carbocycles. The van der Waals surface area contributed by atoms with Gasteiger partial charge in [-0.05, 0) is 12.8 Å². The summed E-state index contributed by atoms with van der Waals surface area (Å²) in [5.74, 6) is -0.525. The van der Waals surface area contributed by atoms with Gasteiger partial charge in [0.2, 0.25) is 5.91 Å². The third-order valence-corrected chi connectivity index (χ3v) is 3.82. The number of nitrogens with one attached hydrogen (secondary N) is 2. The third kappa shape index (κ3) is 3.74. The minimum absolute atomic E-state index is 0.202. The van der Waals surface area contributed by atoms with Gasteiger partial charge < -0.3 is 15.7 Å². The van der Waals surface area contributed by atoms with Gasteiger partial charge in [0, 0.05) is 12.3 Å². The second-order valence-electron chi connectivity index (χ2n) is 4.65. The van der Waals surface area contributed by atoms with Crippen LogP contribution >= 0.6 is 11.3 Å². The van der Waals surface area contributed by atoms with E-state index >= 15 is 0 Å². The van der Waals surface area contributed by atoms with Crippen LogP contribution in [0.3, 0.4) is 0 Å². The molecule has 1 heterocycles. The van der Waals surface area contributed by atoms with E-state index in [4.69, 9.17) is 0 Å². The van der Waals surface area contributed by atoms with E-state index in [0.29, 0.717) is 5.13 Å². The number of aliphatic hydroxyl groups is 1. The Morgan fingerprint density at radius 2 is 2.16 bits per heavy atom. The van der Waals surface area contributed by atoms with Crippen molar-refractivity contribution in [1.82, 2.24) is 10.3 Å². The van der Waals surface area contributed by atoms with Crippen molar-refractivity contribution in [3.05, 3.63) is 11.1 Å². The minimum atomic E-state index is -0.480. The zero-order valence-electron chi connectivity index (χ0n) is 10.7. The molecular weight excluding hydrogens is 266 g/mol. The SMILES string of the molecule is CC(=O)Nc1nc(C(=O)NC2CCCCC2O)cs1. The molecule has 2 amide bonds. The number of amides is 2. The Labute approximate surface area is 115 Å². The average molecular weight is 283 g/mol. The highest BCUT2D eigenvalue weighted by Crippen LogP contribution is 2.20. The first-order chi connectivity index (χ1) is 9.06. The number of hydrogen-bond acceptors (Lipinski definition) is 5. The second-order valence-corrected chi connectivity index (χ2v) is 5.51. The largest absolute Gasteiger partial charge is 0.391 e. The number of hydrogen-bond donors (Lipinski definition) is 3. The molecule has 1 aromatic heterocycles. The Morgan fingerprint density at radius 1 is 1.42 bits per heavy atom. The van der Waals surface area contributed by atoms with Gasteiger partial charge in [-0.1, -0.05) is 12.8 Å². The van der Waals surface area contributed by atoms with Crippen molar-refractivity contribution in [2.75, 3.05) is 5.32 Å². The van der Waals surface area contributed by atoms with E-state index in [-0.39, 0.29) is 23.6 Å². The highest BCUT2D eigenvalue weighted by atomic mass is 32.1. The highest BCUT2D eigenvalue weighted by Gasteiger charge is 2.25. The van der Waals surface area contributed by atoms with Crippen LogP contribution in [0.5, 0.6) is 0 Å². The van der Waals surface area contributed by atoms with Gasteiger partial charge in [-0.25, -0.2) is 4.98 Å². The molecule has 1 aliphatic carbocycles. The van der Waals surface area contributed by atoms with Crippen molar-refractivity contribution < 1.29 is 14.7 Å². The molecule has 1 saturated carbocycles. The number of aromatic nitrogens is 1. The Balaban J connectivity index is 1.95. The Morgan fingerprint density at radius 3 is 2.84 bits per heavy atom. The van der Waals surface area contributed by atoms with Crippen molar-refractivity contribution in [3.63, 3.8) is 0 Å². The van der Waals surface area contributed by atoms with Gasteiger partial charge in [-0.2, -0.15) is 0 Å². The van der Waals surface area contributed by atoms with Crippen molar-refractivity contribution in [3.8, 4) is 0 Å². The van der Waals surface area contributed by atoms with Gasteiger partial charge >= 0.3 is 0 Å². The summed E-state index contributed by atoms with van der Waals surface area (Å²) < 4.78 is 0. The van der Waals surface area contributed by atoms with Crippen LogP contribution in [-0.4, -0.2) is 34.1 Å². The molecule has 0 aliphatic heterocycles. The first-order valence-corrected chi connectivity index (χ1v) is 7.16. The molecule has 1 fully saturated rings. The van der Waals surface area contributed by atoms with E-state index in [9.17, 15) is 14.7 Å². The average Bonchev–Trinajstić information content (AvgIpc) is 2.79. The number of carbonyl (C=O) groups is 2. The van der Waals surface area contributed by atoms with Gasteiger partial charge in [0.05, 0.1) is 12.1 Å². The van der Waals surface area contributed by atoms with Crippen molar-refractivity contribution in [2.24, 2.45) is 0 Å². The molecule has 7 heteroatoms. The van der Waals surface area contributed by atoms with E-state index in [0.717, 1.165) is 25.7 Å². The van der Waals surface area contributed by atoms with E-state index < -0.39 is 6.10 Å². The fourth-order valence-electron chi connectivity index (χ4n) is 2.11. The molecule has 1 aromatic rings. The molecule has 0 saturated heterocycles. The molecule has 6 nitrogen and oxygen atoms in total. The van der Waals surface area contributed by atoms with E-state index in [1.54, 1.807) is 5.38 Å². The summed E-state index contributed by atoms with van der Waals surface area (Å²) >= 11 is 1.20. The Bertz CT molecular complexity index is 475.